The highest BCUT2D eigenvalue weighted by Gasteiger charge is 2.53. The van der Waals surface area contributed by atoms with Crippen LogP contribution in [0, 0.1) is 0 Å². The zero-order valence-corrected chi connectivity index (χ0v) is 20.9. The second-order valence-corrected chi connectivity index (χ2v) is 10.1. The maximum Gasteiger partial charge on any atom is 0.276 e. The molecule has 0 saturated carbocycles. The van der Waals surface area contributed by atoms with Crippen LogP contribution in [0.1, 0.15) is 11.3 Å². The third kappa shape index (κ3) is 4.56. The molecule has 0 unspecified atom stereocenters. The number of carboxylic acids is 1. The number of aliphatic carboxylic acids is 1. The lowest BCUT2D eigenvalue weighted by atomic mass is 9.99. The van der Waals surface area contributed by atoms with Crippen LogP contribution in [-0.2, 0) is 25.6 Å². The molecule has 0 bridgehead atoms. The van der Waals surface area contributed by atoms with Crippen LogP contribution in [0.5, 0.6) is 0 Å². The van der Waals surface area contributed by atoms with Gasteiger partial charge in [0.1, 0.15) is 23.7 Å². The fraction of sp³-hybridized carbons (Fsp3) is 0.217. The first kappa shape index (κ1) is 24.5. The summed E-state index contributed by atoms with van der Waals surface area (Å²) in [6.45, 7) is 3.59. The predicted molar refractivity (Wildman–Crippen MR) is 134 cm³/mol. The average molecular weight is 540 g/mol. The molecule has 14 heteroatoms. The maximum atomic E-state index is 13.1. The van der Waals surface area contributed by atoms with Gasteiger partial charge in [-0.3, -0.25) is 14.5 Å². The summed E-state index contributed by atoms with van der Waals surface area (Å²) in [5, 5.41) is 22.9. The summed E-state index contributed by atoms with van der Waals surface area (Å²) in [5.74, 6) is -2.35. The number of thiazole rings is 1. The van der Waals surface area contributed by atoms with Crippen molar-refractivity contribution >= 4 is 57.2 Å². The average Bonchev–Trinajstić information content (AvgIpc) is 3.50. The first-order chi connectivity index (χ1) is 17.9. The molecule has 12 nitrogen and oxygen atoms in total. The molecule has 5 rings (SSSR count). The topological polar surface area (TPSA) is 170 Å². The second-order valence-electron chi connectivity index (χ2n) is 8.13. The Morgan fingerprint density at radius 1 is 1.46 bits per heavy atom. The lowest BCUT2D eigenvalue weighted by Gasteiger charge is -2.50. The van der Waals surface area contributed by atoms with Crippen LogP contribution < -0.4 is 20.7 Å². The van der Waals surface area contributed by atoms with Gasteiger partial charge in [0, 0.05) is 29.7 Å². The minimum atomic E-state index is -1.44. The number of pyridine rings is 1. The largest absolute Gasteiger partial charge is 0.543 e. The van der Waals surface area contributed by atoms with E-state index in [1.54, 1.807) is 11.6 Å². The first-order valence-electron chi connectivity index (χ1n) is 11.1. The number of anilines is 1. The van der Waals surface area contributed by atoms with Gasteiger partial charge in [0.25, 0.3) is 11.8 Å². The van der Waals surface area contributed by atoms with E-state index in [9.17, 15) is 19.5 Å². The van der Waals surface area contributed by atoms with E-state index >= 15 is 0 Å². The summed E-state index contributed by atoms with van der Waals surface area (Å²) in [6, 6.07) is 4.72. The molecule has 0 aliphatic carbocycles. The number of H-pyrrole nitrogens is 1. The van der Waals surface area contributed by atoms with Gasteiger partial charge < -0.3 is 25.8 Å². The minimum absolute atomic E-state index is 0.0580. The number of nitrogen functional groups attached to an aromatic ring is 1. The third-order valence-electron chi connectivity index (χ3n) is 5.83. The number of nitrogens with two attached hydrogens (primary N) is 1. The Morgan fingerprint density at radius 3 is 3.03 bits per heavy atom. The van der Waals surface area contributed by atoms with Crippen molar-refractivity contribution in [2.75, 3.05) is 18.1 Å². The fourth-order valence-corrected chi connectivity index (χ4v) is 6.08. The van der Waals surface area contributed by atoms with Crippen LogP contribution in [0.3, 0.4) is 0 Å². The van der Waals surface area contributed by atoms with Crippen molar-refractivity contribution < 1.29 is 28.8 Å². The lowest BCUT2D eigenvalue weighted by molar-refractivity contribution is -0.576. The Balaban J connectivity index is 1.36. The molecule has 2 amide bonds. The summed E-state index contributed by atoms with van der Waals surface area (Å²) >= 11 is 2.48. The van der Waals surface area contributed by atoms with E-state index in [1.807, 2.05) is 28.9 Å². The van der Waals surface area contributed by atoms with Gasteiger partial charge in [0.2, 0.25) is 5.52 Å². The number of oxime groups is 1. The summed E-state index contributed by atoms with van der Waals surface area (Å²) in [6.07, 6.45) is 5.43. The van der Waals surface area contributed by atoms with Crippen molar-refractivity contribution in [3.8, 4) is 0 Å². The second kappa shape index (κ2) is 10.1. The summed E-state index contributed by atoms with van der Waals surface area (Å²) in [4.78, 5) is 48.6. The molecule has 5 heterocycles. The molecule has 1 fully saturated rings. The monoisotopic (exact) mass is 539 g/mol. The highest BCUT2D eigenvalue weighted by Crippen LogP contribution is 2.41. The summed E-state index contributed by atoms with van der Waals surface area (Å²) in [7, 11) is 0. The van der Waals surface area contributed by atoms with E-state index in [2.05, 4.69) is 27.1 Å². The van der Waals surface area contributed by atoms with Crippen molar-refractivity contribution in [1.82, 2.24) is 20.3 Å². The number of aromatic amines is 1. The van der Waals surface area contributed by atoms with Crippen LogP contribution in [0.25, 0.3) is 5.52 Å². The Hall–Kier alpha value is -4.17. The number of carboxylic acid groups (broad SMARTS) is 1. The van der Waals surface area contributed by atoms with Crippen LogP contribution in [-0.4, -0.2) is 62.3 Å². The molecule has 1 saturated heterocycles. The quantitative estimate of drug-likeness (QED) is 0.0804. The smallest absolute Gasteiger partial charge is 0.276 e. The van der Waals surface area contributed by atoms with Gasteiger partial charge in [-0.15, -0.1) is 23.1 Å². The number of carbonyl (C=O) groups is 3. The summed E-state index contributed by atoms with van der Waals surface area (Å²) < 4.78 is 1.82. The molecule has 37 heavy (non-hydrogen) atoms. The standard InChI is InChI=1S/C23H21N7O5S2/c1-2-7-35-28-16(14-11-37-23(24)26-14)19(31)27-17-20(32)30-18(22(33)34)13(10-36-21(17)30)8-12-9-25-29-6-4-3-5-15(12)29/h2-6,9,11,17,21H,1,7-8,10H2,(H4,24,26,27,31,33,34)/b28-16+/t17-,21-/m1/s1. The van der Waals surface area contributed by atoms with E-state index in [4.69, 9.17) is 10.6 Å². The number of aromatic nitrogens is 3. The maximum absolute atomic E-state index is 13.1. The molecule has 2 atom stereocenters. The Bertz CT molecular complexity index is 1480. The van der Waals surface area contributed by atoms with Crippen molar-refractivity contribution in [3.63, 3.8) is 0 Å². The molecule has 190 valence electrons. The molecule has 2 aliphatic heterocycles. The molecule has 3 aromatic heterocycles. The first-order valence-corrected chi connectivity index (χ1v) is 13.0. The van der Waals surface area contributed by atoms with Gasteiger partial charge in [0.15, 0.2) is 17.0 Å². The number of carbonyl (C=O) groups excluding carboxylic acids is 3. The van der Waals surface area contributed by atoms with Crippen LogP contribution >= 0.6 is 23.1 Å². The van der Waals surface area contributed by atoms with Crippen molar-refractivity contribution in [1.29, 1.82) is 0 Å². The Labute approximate surface area is 218 Å². The van der Waals surface area contributed by atoms with Crippen LogP contribution in [0.15, 0.2) is 65.1 Å². The van der Waals surface area contributed by atoms with Gasteiger partial charge in [-0.25, -0.2) is 4.98 Å². The Kier molecular flexibility index (Phi) is 6.67. The van der Waals surface area contributed by atoms with Crippen molar-refractivity contribution in [3.05, 3.63) is 71.2 Å². The minimum Gasteiger partial charge on any atom is -0.543 e. The van der Waals surface area contributed by atoms with Gasteiger partial charge >= 0.3 is 0 Å². The number of hydrogen-bond donors (Lipinski definition) is 3. The van der Waals surface area contributed by atoms with E-state index in [1.165, 1.54) is 22.7 Å². The lowest BCUT2D eigenvalue weighted by Crippen LogP contribution is -2.71. The van der Waals surface area contributed by atoms with E-state index in [0.29, 0.717) is 17.7 Å². The van der Waals surface area contributed by atoms with E-state index in [0.717, 1.165) is 22.4 Å². The Morgan fingerprint density at radius 2 is 2.30 bits per heavy atom. The van der Waals surface area contributed by atoms with E-state index < -0.39 is 29.2 Å². The van der Waals surface area contributed by atoms with Gasteiger partial charge in [-0.1, -0.05) is 22.3 Å². The number of fused-ring (bicyclic) bond motifs is 2. The number of hydrogen-bond acceptors (Lipinski definition) is 10. The van der Waals surface area contributed by atoms with E-state index in [-0.39, 0.29) is 28.8 Å². The van der Waals surface area contributed by atoms with Crippen LogP contribution in [0.2, 0.25) is 0 Å². The SMILES string of the molecule is C=CCO/N=C(/C(=O)N[C@@H]1C(=O)N2C(C(=O)[O-])=C(Cc3c[nH][n+]4ccccc34)CS[C@H]12)c1csc(N)n1. The van der Waals surface area contributed by atoms with Crippen molar-refractivity contribution in [2.24, 2.45) is 5.16 Å². The normalized spacial score (nSPS) is 19.4. The van der Waals surface area contributed by atoms with Gasteiger partial charge in [-0.2, -0.15) is 5.10 Å². The molecule has 0 radical (unpaired) electrons. The molecule has 3 aromatic rings. The number of thioether (sulfide) groups is 1. The number of amides is 2. The molecule has 2 aliphatic rings. The highest BCUT2D eigenvalue weighted by atomic mass is 32.2. The predicted octanol–water partition coefficient (Wildman–Crippen LogP) is -0.655. The van der Waals surface area contributed by atoms with Crippen LogP contribution in [0.4, 0.5) is 5.13 Å². The van der Waals surface area contributed by atoms with Gasteiger partial charge in [-0.05, 0) is 11.6 Å². The summed E-state index contributed by atoms with van der Waals surface area (Å²) in [5.41, 5.74) is 7.90. The molecular formula is C23H21N7O5S2. The molecule has 0 aromatic carbocycles. The van der Waals surface area contributed by atoms with Crippen molar-refractivity contribution in [2.45, 2.75) is 17.8 Å². The fourth-order valence-electron chi connectivity index (χ4n) is 4.18. The molecule has 4 N–H and O–H groups in total. The number of nitrogens with zero attached hydrogens (tertiary/aromatic N) is 4. The number of rotatable bonds is 9. The number of nitrogens with one attached hydrogen (secondary N) is 2. The molecule has 0 spiro atoms. The molecular weight excluding hydrogens is 518 g/mol. The zero-order chi connectivity index (χ0) is 26.1. The third-order valence-corrected chi connectivity index (χ3v) is 7.84. The zero-order valence-electron chi connectivity index (χ0n) is 19.2. The van der Waals surface area contributed by atoms with Gasteiger partial charge in [0.05, 0.1) is 23.4 Å². The number of β-lactam (4-membered cyclic amide) rings is 1. The highest BCUT2D eigenvalue weighted by molar-refractivity contribution is 8.00.